The minimum absolute atomic E-state index is 0. The molecule has 1 saturated heterocycles. The van der Waals surface area contributed by atoms with Crippen molar-refractivity contribution < 1.29 is 33.2 Å². The van der Waals surface area contributed by atoms with E-state index in [4.69, 9.17) is 18.9 Å². The van der Waals surface area contributed by atoms with Crippen LogP contribution >= 0.6 is 20.0 Å². The molecule has 5 rings (SSSR count). The number of allylic oxidation sites excluding steroid dienone is 3. The molecule has 264 valence electrons. The Morgan fingerprint density at radius 3 is 2.18 bits per heavy atom. The van der Waals surface area contributed by atoms with Crippen LogP contribution in [0.1, 0.15) is 51.7 Å². The predicted octanol–water partition coefficient (Wildman–Crippen LogP) is 7.09. The second-order valence-corrected chi connectivity index (χ2v) is 14.3. The zero-order valence-electron chi connectivity index (χ0n) is 28.4. The minimum Gasteiger partial charge on any atom is -0.855 e. The van der Waals surface area contributed by atoms with Gasteiger partial charge in [0.2, 0.25) is 0 Å². The molecule has 0 spiro atoms. The molecule has 1 fully saturated rings. The van der Waals surface area contributed by atoms with E-state index in [9.17, 15) is 19.5 Å². The molecule has 0 bridgehead atoms. The highest BCUT2D eigenvalue weighted by molar-refractivity contribution is 7.58. The molecule has 3 aromatic carbocycles. The number of carbonyl (C=O) groups is 1. The monoisotopic (exact) mass is 712 g/mol. The average Bonchev–Trinajstić information content (AvgIpc) is 3.06. The number of nitro groups is 1. The molecule has 1 atom stereocenters. The van der Waals surface area contributed by atoms with E-state index in [1.807, 2.05) is 74.5 Å². The third-order valence-corrected chi connectivity index (χ3v) is 9.96. The van der Waals surface area contributed by atoms with Crippen molar-refractivity contribution >= 4 is 37.3 Å². The summed E-state index contributed by atoms with van der Waals surface area (Å²) in [6.07, 6.45) is 0. The van der Waals surface area contributed by atoms with Crippen LogP contribution in [0, 0.1) is 15.5 Å². The number of carbonyl (C=O) groups excluding carboxylic acids is 1. The molecule has 2 heterocycles. The highest BCUT2D eigenvalue weighted by Gasteiger charge is 2.48. The number of non-ortho nitro benzene ring substituents is 1. The van der Waals surface area contributed by atoms with Gasteiger partial charge in [0.15, 0.2) is 0 Å². The maximum Gasteiger partial charge on any atom is 0.360 e. The molecule has 1 unspecified atom stereocenters. The zero-order chi connectivity index (χ0) is 34.9. The standard InChI is InChI=1S/C34H38N3O7P.C2H5O.ClH/c1-24-30(33(38)42-19-18-36(28-15-9-6-10-16-28)21-26-12-7-5-8-13-26)31(27-14-11-17-29(20-27)37(39)40)32(25(2)35-24)45(41)43-22-34(3,4)23-44-45;1-2-3;/h5-17,20,31,35H,18-19,21-23H2,1-4H3;2H2,1H3;1H/q;-1;. The van der Waals surface area contributed by atoms with E-state index in [1.165, 1.54) is 12.1 Å². The van der Waals surface area contributed by atoms with E-state index in [-0.39, 0.29) is 60.8 Å². The van der Waals surface area contributed by atoms with Gasteiger partial charge in [-0.2, -0.15) is 0 Å². The number of esters is 1. The van der Waals surface area contributed by atoms with Gasteiger partial charge in [0.1, 0.15) is 6.61 Å². The molecule has 2 aliphatic rings. The number of hydrogen-bond donors (Lipinski definition) is 1. The number of benzene rings is 3. The van der Waals surface area contributed by atoms with E-state index in [0.717, 1.165) is 11.3 Å². The Labute approximate surface area is 294 Å². The summed E-state index contributed by atoms with van der Waals surface area (Å²) in [4.78, 5) is 27.3. The Balaban J connectivity index is 0.00000157. The highest BCUT2D eigenvalue weighted by atomic mass is 35.5. The smallest absolute Gasteiger partial charge is 0.360 e. The molecule has 0 amide bonds. The molecule has 0 saturated carbocycles. The molecule has 0 aliphatic carbocycles. The van der Waals surface area contributed by atoms with Crippen LogP contribution in [0.15, 0.2) is 107 Å². The van der Waals surface area contributed by atoms with Gasteiger partial charge in [-0.15, -0.1) is 19.0 Å². The number of hydrogen-bond acceptors (Lipinski definition) is 10. The third kappa shape index (κ3) is 10.0. The summed E-state index contributed by atoms with van der Waals surface area (Å²) in [6, 6.07) is 25.9. The normalized spacial score (nSPS) is 17.9. The van der Waals surface area contributed by atoms with Crippen LogP contribution in [0.3, 0.4) is 0 Å². The van der Waals surface area contributed by atoms with E-state index in [1.54, 1.807) is 32.9 Å². The number of anilines is 1. The molecule has 3 aromatic rings. The van der Waals surface area contributed by atoms with E-state index < -0.39 is 24.4 Å². The van der Waals surface area contributed by atoms with Crippen molar-refractivity contribution in [3.63, 3.8) is 0 Å². The van der Waals surface area contributed by atoms with Crippen LogP contribution in [0.4, 0.5) is 11.4 Å². The Hall–Kier alpha value is -3.99. The molecular formula is C36H44ClN3O8P-. The van der Waals surface area contributed by atoms with Crippen LogP contribution in [-0.4, -0.2) is 43.9 Å². The SMILES string of the molecule is CC1=C(C(=O)OCCN(Cc2ccccc2)c2ccccc2)C(c2cccc([N+](=O)[O-])c2)C(P2(=O)OCC(C)(C)CO2)=C(C)N1.CC[O-].Cl. The van der Waals surface area contributed by atoms with Gasteiger partial charge in [-0.05, 0) is 37.1 Å². The Morgan fingerprint density at radius 2 is 1.59 bits per heavy atom. The number of ether oxygens (including phenoxy) is 1. The van der Waals surface area contributed by atoms with Crippen LogP contribution in [-0.2, 0) is 29.7 Å². The molecule has 0 aromatic heterocycles. The summed E-state index contributed by atoms with van der Waals surface area (Å²) in [7, 11) is -3.91. The van der Waals surface area contributed by atoms with Crippen LogP contribution in [0.5, 0.6) is 0 Å². The molecule has 0 radical (unpaired) electrons. The predicted molar refractivity (Wildman–Crippen MR) is 190 cm³/mol. The quantitative estimate of drug-likeness (QED) is 0.100. The Morgan fingerprint density at radius 1 is 1.00 bits per heavy atom. The molecule has 11 nitrogen and oxygen atoms in total. The van der Waals surface area contributed by atoms with Gasteiger partial charge < -0.3 is 29.1 Å². The highest BCUT2D eigenvalue weighted by Crippen LogP contribution is 2.66. The first-order valence-corrected chi connectivity index (χ1v) is 17.3. The molecule has 2 aliphatic heterocycles. The molecular weight excluding hydrogens is 669 g/mol. The van der Waals surface area contributed by atoms with Gasteiger partial charge >= 0.3 is 13.6 Å². The Kier molecular flexibility index (Phi) is 14.2. The second-order valence-electron chi connectivity index (χ2n) is 12.3. The summed E-state index contributed by atoms with van der Waals surface area (Å²) in [5.74, 6) is -1.58. The first-order valence-electron chi connectivity index (χ1n) is 15.8. The lowest BCUT2D eigenvalue weighted by molar-refractivity contribution is -0.384. The minimum atomic E-state index is -3.91. The lowest BCUT2D eigenvalue weighted by atomic mass is 9.86. The van der Waals surface area contributed by atoms with Crippen molar-refractivity contribution in [2.45, 2.75) is 47.1 Å². The number of nitrogens with zero attached hydrogens (tertiary/aromatic N) is 2. The third-order valence-electron chi connectivity index (χ3n) is 7.84. The number of nitro benzene ring substituents is 1. The number of halogens is 1. The molecule has 13 heteroatoms. The topological polar surface area (TPSA) is 143 Å². The molecule has 1 N–H and O–H groups in total. The summed E-state index contributed by atoms with van der Waals surface area (Å²) in [6.45, 7) is 10.4. The maximum absolute atomic E-state index is 14.3. The number of nitrogens with one attached hydrogen (secondary N) is 1. The van der Waals surface area contributed by atoms with E-state index >= 15 is 0 Å². The number of para-hydroxylation sites is 1. The lowest BCUT2D eigenvalue weighted by Crippen LogP contribution is -2.34. The number of rotatable bonds is 10. The van der Waals surface area contributed by atoms with Crippen molar-refractivity contribution in [2.24, 2.45) is 5.41 Å². The second kappa shape index (κ2) is 17.6. The van der Waals surface area contributed by atoms with Crippen molar-refractivity contribution in [3.8, 4) is 0 Å². The summed E-state index contributed by atoms with van der Waals surface area (Å²) in [5.41, 5.74) is 3.18. The summed E-state index contributed by atoms with van der Waals surface area (Å²) < 4.78 is 32.1. The Bertz CT molecular complexity index is 1680. The van der Waals surface area contributed by atoms with Gasteiger partial charge in [-0.1, -0.05) is 81.4 Å². The van der Waals surface area contributed by atoms with Crippen LogP contribution in [0.25, 0.3) is 0 Å². The van der Waals surface area contributed by atoms with Gasteiger partial charge in [-0.25, -0.2) is 4.79 Å². The fourth-order valence-electron chi connectivity index (χ4n) is 5.57. The van der Waals surface area contributed by atoms with Gasteiger partial charge in [0.25, 0.3) is 5.69 Å². The first kappa shape index (κ1) is 39.4. The van der Waals surface area contributed by atoms with Gasteiger partial charge in [0.05, 0.1) is 41.5 Å². The average molecular weight is 713 g/mol. The lowest BCUT2D eigenvalue weighted by Gasteiger charge is -2.39. The van der Waals surface area contributed by atoms with Gasteiger partial charge in [-0.3, -0.25) is 14.7 Å². The van der Waals surface area contributed by atoms with E-state index in [0.29, 0.717) is 30.0 Å². The first-order chi connectivity index (χ1) is 22.9. The number of dihydropyridines is 1. The molecule has 49 heavy (non-hydrogen) atoms. The van der Waals surface area contributed by atoms with Crippen molar-refractivity contribution in [1.82, 2.24) is 5.32 Å². The largest absolute Gasteiger partial charge is 0.855 e. The maximum atomic E-state index is 14.3. The van der Waals surface area contributed by atoms with Crippen LogP contribution in [0.2, 0.25) is 0 Å². The van der Waals surface area contributed by atoms with E-state index in [2.05, 4.69) is 10.2 Å². The van der Waals surface area contributed by atoms with Gasteiger partial charge in [0, 0.05) is 41.2 Å². The summed E-state index contributed by atoms with van der Waals surface area (Å²) >= 11 is 0. The zero-order valence-corrected chi connectivity index (χ0v) is 30.1. The summed E-state index contributed by atoms with van der Waals surface area (Å²) in [5, 5.41) is 24.1. The fraction of sp³-hybridized carbons (Fsp3) is 0.361. The van der Waals surface area contributed by atoms with Crippen molar-refractivity contribution in [1.29, 1.82) is 0 Å². The van der Waals surface area contributed by atoms with Crippen molar-refractivity contribution in [3.05, 3.63) is 128 Å². The van der Waals surface area contributed by atoms with Crippen molar-refractivity contribution in [2.75, 3.05) is 37.9 Å². The van der Waals surface area contributed by atoms with Crippen LogP contribution < -0.4 is 15.3 Å². The fourth-order valence-corrected chi connectivity index (χ4v) is 8.02.